The standard InChI is InChI=1S/C22H37N5O/c1-23-22(24-10-3-15-28-18-21-8-9-21)25-16-19-4-6-20(7-5-19)17-27-13-11-26(2)12-14-27/h4-7,21H,3,8-18H2,1-2H3,(H2,23,24,25). The first-order valence-electron chi connectivity index (χ1n) is 10.7. The first kappa shape index (κ1) is 21.1. The molecular formula is C22H37N5O. The second kappa shape index (κ2) is 11.4. The van der Waals surface area contributed by atoms with Gasteiger partial charge >= 0.3 is 0 Å². The van der Waals surface area contributed by atoms with Crippen molar-refractivity contribution in [1.82, 2.24) is 20.4 Å². The summed E-state index contributed by atoms with van der Waals surface area (Å²) in [5.41, 5.74) is 2.67. The molecule has 1 saturated heterocycles. The summed E-state index contributed by atoms with van der Waals surface area (Å²) in [5, 5.41) is 6.75. The average Bonchev–Trinajstić information content (AvgIpc) is 3.54. The van der Waals surface area contributed by atoms with Crippen LogP contribution in [0.3, 0.4) is 0 Å². The Balaban J connectivity index is 1.30. The Hall–Kier alpha value is -1.63. The third-order valence-corrected chi connectivity index (χ3v) is 5.52. The highest BCUT2D eigenvalue weighted by atomic mass is 16.5. The Kier molecular flexibility index (Phi) is 8.58. The SMILES string of the molecule is CN=C(NCCCOCC1CC1)NCc1ccc(CN2CCN(C)CC2)cc1. The third-order valence-electron chi connectivity index (χ3n) is 5.52. The number of hydrogen-bond donors (Lipinski definition) is 2. The molecule has 6 heteroatoms. The van der Waals surface area contributed by atoms with Gasteiger partial charge in [0.05, 0.1) is 0 Å². The van der Waals surface area contributed by atoms with E-state index in [4.69, 9.17) is 4.74 Å². The molecule has 0 amide bonds. The average molecular weight is 388 g/mol. The third kappa shape index (κ3) is 7.78. The summed E-state index contributed by atoms with van der Waals surface area (Å²) in [5.74, 6) is 1.69. The van der Waals surface area contributed by atoms with Gasteiger partial charge in [-0.05, 0) is 43.4 Å². The van der Waals surface area contributed by atoms with Crippen LogP contribution in [0.1, 0.15) is 30.4 Å². The molecule has 2 N–H and O–H groups in total. The van der Waals surface area contributed by atoms with Crippen LogP contribution >= 0.6 is 0 Å². The first-order valence-corrected chi connectivity index (χ1v) is 10.7. The van der Waals surface area contributed by atoms with Gasteiger partial charge in [-0.15, -0.1) is 0 Å². The van der Waals surface area contributed by atoms with Crippen molar-refractivity contribution in [2.24, 2.45) is 10.9 Å². The summed E-state index contributed by atoms with van der Waals surface area (Å²) in [6.45, 7) is 9.14. The highest BCUT2D eigenvalue weighted by Crippen LogP contribution is 2.28. The molecular weight excluding hydrogens is 350 g/mol. The van der Waals surface area contributed by atoms with Crippen molar-refractivity contribution < 1.29 is 4.74 Å². The minimum atomic E-state index is 0.784. The molecule has 0 aromatic heterocycles. The van der Waals surface area contributed by atoms with Gasteiger partial charge in [-0.3, -0.25) is 9.89 Å². The van der Waals surface area contributed by atoms with Gasteiger partial charge in [0.1, 0.15) is 0 Å². The summed E-state index contributed by atoms with van der Waals surface area (Å²) in [6, 6.07) is 8.94. The van der Waals surface area contributed by atoms with E-state index in [9.17, 15) is 0 Å². The molecule has 2 aliphatic rings. The smallest absolute Gasteiger partial charge is 0.191 e. The van der Waals surface area contributed by atoms with Crippen molar-refractivity contribution >= 4 is 5.96 Å². The molecule has 1 heterocycles. The summed E-state index contributed by atoms with van der Waals surface area (Å²) in [6.07, 6.45) is 3.71. The lowest BCUT2D eigenvalue weighted by molar-refractivity contribution is 0.123. The Labute approximate surface area is 170 Å². The fourth-order valence-electron chi connectivity index (χ4n) is 3.35. The summed E-state index contributed by atoms with van der Waals surface area (Å²) in [7, 11) is 4.02. The summed E-state index contributed by atoms with van der Waals surface area (Å²) < 4.78 is 5.67. The molecule has 0 unspecified atom stereocenters. The number of aliphatic imine (C=N–C) groups is 1. The zero-order chi connectivity index (χ0) is 19.6. The van der Waals surface area contributed by atoms with Gasteiger partial charge < -0.3 is 20.3 Å². The molecule has 1 aliphatic heterocycles. The van der Waals surface area contributed by atoms with Crippen molar-refractivity contribution in [3.05, 3.63) is 35.4 Å². The van der Waals surface area contributed by atoms with Crippen LogP contribution in [0.15, 0.2) is 29.3 Å². The number of benzene rings is 1. The van der Waals surface area contributed by atoms with Crippen LogP contribution in [0.25, 0.3) is 0 Å². The van der Waals surface area contributed by atoms with Crippen molar-refractivity contribution in [3.8, 4) is 0 Å². The Bertz CT molecular complexity index is 591. The molecule has 28 heavy (non-hydrogen) atoms. The van der Waals surface area contributed by atoms with Crippen molar-refractivity contribution in [1.29, 1.82) is 0 Å². The van der Waals surface area contributed by atoms with E-state index in [1.54, 1.807) is 0 Å². The number of hydrogen-bond acceptors (Lipinski definition) is 4. The zero-order valence-corrected chi connectivity index (χ0v) is 17.6. The van der Waals surface area contributed by atoms with Gasteiger partial charge in [0, 0.05) is 66.1 Å². The van der Waals surface area contributed by atoms with Gasteiger partial charge in [-0.1, -0.05) is 24.3 Å². The fraction of sp³-hybridized carbons (Fsp3) is 0.682. The molecule has 0 bridgehead atoms. The van der Waals surface area contributed by atoms with Crippen LogP contribution in [-0.4, -0.2) is 75.8 Å². The molecule has 0 radical (unpaired) electrons. The zero-order valence-electron chi connectivity index (χ0n) is 17.6. The topological polar surface area (TPSA) is 52.1 Å². The van der Waals surface area contributed by atoms with Crippen LogP contribution in [-0.2, 0) is 17.8 Å². The van der Waals surface area contributed by atoms with E-state index in [2.05, 4.69) is 56.7 Å². The quantitative estimate of drug-likeness (QED) is 0.365. The normalized spacial score (nSPS) is 19.0. The summed E-state index contributed by atoms with van der Waals surface area (Å²) >= 11 is 0. The van der Waals surface area contributed by atoms with Gasteiger partial charge in [0.2, 0.25) is 0 Å². The van der Waals surface area contributed by atoms with Gasteiger partial charge in [-0.2, -0.15) is 0 Å². The van der Waals surface area contributed by atoms with E-state index in [0.29, 0.717) is 0 Å². The van der Waals surface area contributed by atoms with E-state index in [0.717, 1.165) is 64.2 Å². The van der Waals surface area contributed by atoms with Crippen LogP contribution in [0.5, 0.6) is 0 Å². The number of nitrogens with zero attached hydrogens (tertiary/aromatic N) is 3. The molecule has 1 aromatic carbocycles. The van der Waals surface area contributed by atoms with E-state index < -0.39 is 0 Å². The number of likely N-dealkylation sites (N-methyl/N-ethyl adjacent to an activating group) is 1. The van der Waals surface area contributed by atoms with Crippen LogP contribution < -0.4 is 10.6 Å². The monoisotopic (exact) mass is 387 g/mol. The molecule has 0 atom stereocenters. The van der Waals surface area contributed by atoms with E-state index in [1.807, 2.05) is 7.05 Å². The lowest BCUT2D eigenvalue weighted by Gasteiger charge is -2.32. The summed E-state index contributed by atoms with van der Waals surface area (Å²) in [4.78, 5) is 9.23. The Morgan fingerprint density at radius 3 is 2.46 bits per heavy atom. The molecule has 1 saturated carbocycles. The van der Waals surface area contributed by atoms with Crippen molar-refractivity contribution in [2.45, 2.75) is 32.4 Å². The number of ether oxygens (including phenoxy) is 1. The highest BCUT2D eigenvalue weighted by molar-refractivity contribution is 5.79. The molecule has 1 aromatic rings. The Morgan fingerprint density at radius 1 is 1.07 bits per heavy atom. The molecule has 156 valence electrons. The van der Waals surface area contributed by atoms with Crippen LogP contribution in [0.2, 0.25) is 0 Å². The highest BCUT2D eigenvalue weighted by Gasteiger charge is 2.20. The molecule has 2 fully saturated rings. The predicted molar refractivity (Wildman–Crippen MR) is 116 cm³/mol. The van der Waals surface area contributed by atoms with E-state index >= 15 is 0 Å². The lowest BCUT2D eigenvalue weighted by Crippen LogP contribution is -2.43. The molecule has 6 nitrogen and oxygen atoms in total. The number of nitrogens with one attached hydrogen (secondary N) is 2. The second-order valence-electron chi connectivity index (χ2n) is 8.12. The largest absolute Gasteiger partial charge is 0.381 e. The number of piperazine rings is 1. The van der Waals surface area contributed by atoms with Crippen molar-refractivity contribution in [3.63, 3.8) is 0 Å². The maximum absolute atomic E-state index is 5.67. The van der Waals surface area contributed by atoms with Crippen molar-refractivity contribution in [2.75, 3.05) is 60.0 Å². The number of rotatable bonds is 10. The van der Waals surface area contributed by atoms with E-state index in [1.165, 1.54) is 37.1 Å². The Morgan fingerprint density at radius 2 is 1.79 bits per heavy atom. The van der Waals surface area contributed by atoms with Gasteiger partial charge in [0.25, 0.3) is 0 Å². The van der Waals surface area contributed by atoms with E-state index in [-0.39, 0.29) is 0 Å². The van der Waals surface area contributed by atoms with Gasteiger partial charge in [0.15, 0.2) is 5.96 Å². The molecule has 0 spiro atoms. The number of guanidine groups is 1. The minimum Gasteiger partial charge on any atom is -0.381 e. The minimum absolute atomic E-state index is 0.784. The van der Waals surface area contributed by atoms with Crippen LogP contribution in [0, 0.1) is 5.92 Å². The second-order valence-corrected chi connectivity index (χ2v) is 8.12. The molecule has 1 aliphatic carbocycles. The maximum Gasteiger partial charge on any atom is 0.191 e. The molecule has 3 rings (SSSR count). The fourth-order valence-corrected chi connectivity index (χ4v) is 3.35. The predicted octanol–water partition coefficient (Wildman–Crippen LogP) is 1.92. The first-order chi connectivity index (χ1) is 13.7. The van der Waals surface area contributed by atoms with Crippen LogP contribution in [0.4, 0.5) is 0 Å². The lowest BCUT2D eigenvalue weighted by atomic mass is 10.1. The maximum atomic E-state index is 5.67. The van der Waals surface area contributed by atoms with Gasteiger partial charge in [-0.25, -0.2) is 0 Å².